The van der Waals surface area contributed by atoms with E-state index in [2.05, 4.69) is 175 Å². The lowest BCUT2D eigenvalue weighted by Gasteiger charge is -2.33. The van der Waals surface area contributed by atoms with Crippen molar-refractivity contribution in [3.05, 3.63) is 210 Å². The number of rotatable bonds is 40. The summed E-state index contributed by atoms with van der Waals surface area (Å²) in [5.41, 5.74) is 16.1. The minimum Gasteiger partial charge on any atom is -0.493 e. The van der Waals surface area contributed by atoms with E-state index in [1.165, 1.54) is 202 Å². The Kier molecular flexibility index (Phi) is 24.8. The van der Waals surface area contributed by atoms with Crippen LogP contribution in [0.3, 0.4) is 0 Å². The number of thiophene rings is 4. The smallest absolute Gasteiger partial charge is 0.160 e. The van der Waals surface area contributed by atoms with Crippen molar-refractivity contribution in [1.82, 2.24) is 0 Å². The maximum absolute atomic E-state index is 13.1. The number of ether oxygens (including phenoxy) is 2. The minimum absolute atomic E-state index is 0.603. The lowest BCUT2D eigenvalue weighted by atomic mass is 9.68. The van der Waals surface area contributed by atoms with Gasteiger partial charge in [0.15, 0.2) is 12.6 Å². The molecule has 5 aromatic carbocycles. The molecule has 494 valence electrons. The van der Waals surface area contributed by atoms with Gasteiger partial charge < -0.3 is 9.47 Å². The Morgan fingerprint density at radius 3 is 0.851 bits per heavy atom. The van der Waals surface area contributed by atoms with Crippen LogP contribution in [0, 0.1) is 0 Å². The van der Waals surface area contributed by atoms with E-state index in [0.29, 0.717) is 13.2 Å². The highest BCUT2D eigenvalue weighted by Crippen LogP contribution is 2.65. The first-order valence-corrected chi connectivity index (χ1v) is 39.8. The van der Waals surface area contributed by atoms with Gasteiger partial charge in [-0.15, -0.1) is 45.3 Å². The van der Waals surface area contributed by atoms with E-state index in [1.54, 1.807) is 22.7 Å². The number of aldehydes is 2. The molecule has 0 N–H and O–H groups in total. The molecule has 9 aromatic rings. The summed E-state index contributed by atoms with van der Waals surface area (Å²) >= 11 is 6.94. The largest absolute Gasteiger partial charge is 0.493 e. The Morgan fingerprint density at radius 1 is 0.309 bits per heavy atom. The number of carbonyl (C=O) groups is 2. The zero-order chi connectivity index (χ0) is 65.3. The molecule has 0 bridgehead atoms. The maximum atomic E-state index is 13.1. The highest BCUT2D eigenvalue weighted by molar-refractivity contribution is 7.25. The van der Waals surface area contributed by atoms with Gasteiger partial charge in [0, 0.05) is 20.9 Å². The lowest BCUT2D eigenvalue weighted by Crippen LogP contribution is -2.28. The fourth-order valence-corrected chi connectivity index (χ4v) is 19.8. The van der Waals surface area contributed by atoms with Crippen molar-refractivity contribution >= 4 is 57.9 Å². The molecule has 2 aliphatic carbocycles. The first-order valence-electron chi connectivity index (χ1n) is 36.6. The molecular formula is C86H102O4S4. The molecule has 0 radical (unpaired) electrons. The van der Waals surface area contributed by atoms with Crippen molar-refractivity contribution in [2.45, 2.75) is 232 Å². The van der Waals surface area contributed by atoms with Gasteiger partial charge in [-0.05, 0) is 167 Å². The first-order chi connectivity index (χ1) is 46.3. The maximum Gasteiger partial charge on any atom is 0.160 e. The SMILES string of the molecule is CCCCCCOc1cc(-c2cc3c(s2)-c2sc(C=O)cc2C3(c2ccc(CCCCCC)cc2)c2ccc(CCCCCC)cc2)c(OCCCCCC)cc1-c1cc2c(s1)-c1sc(C=O)cc1C2(c1ccc(CCCCCC)cc1)c1ccc(CCCCCC)cc1. The van der Waals surface area contributed by atoms with Gasteiger partial charge in [0.05, 0.1) is 53.3 Å². The molecule has 0 saturated heterocycles. The molecule has 94 heavy (non-hydrogen) atoms. The lowest BCUT2D eigenvalue weighted by molar-refractivity contribution is 0.111. The van der Waals surface area contributed by atoms with Crippen LogP contribution in [0.1, 0.15) is 282 Å². The molecular weight excluding hydrogens is 1230 g/mol. The van der Waals surface area contributed by atoms with Crippen LogP contribution in [-0.2, 0) is 36.5 Å². The molecule has 2 aliphatic rings. The predicted octanol–water partition coefficient (Wildman–Crippen LogP) is 26.0. The molecule has 0 fully saturated rings. The van der Waals surface area contributed by atoms with Crippen molar-refractivity contribution in [2.24, 2.45) is 0 Å². The minimum atomic E-state index is -0.656. The van der Waals surface area contributed by atoms with Crippen LogP contribution in [0.2, 0.25) is 0 Å². The number of fused-ring (bicyclic) bond motifs is 6. The summed E-state index contributed by atoms with van der Waals surface area (Å²) in [5, 5.41) is 0. The molecule has 11 rings (SSSR count). The van der Waals surface area contributed by atoms with Gasteiger partial charge in [0.2, 0.25) is 0 Å². The van der Waals surface area contributed by atoms with E-state index in [-0.39, 0.29) is 0 Å². The van der Waals surface area contributed by atoms with Gasteiger partial charge >= 0.3 is 0 Å². The molecule has 4 aromatic heterocycles. The highest BCUT2D eigenvalue weighted by atomic mass is 32.1. The second-order valence-electron chi connectivity index (χ2n) is 26.9. The summed E-state index contributed by atoms with van der Waals surface area (Å²) in [6.45, 7) is 14.9. The van der Waals surface area contributed by atoms with Crippen molar-refractivity contribution in [2.75, 3.05) is 13.2 Å². The normalized spacial score (nSPS) is 13.3. The standard InChI is InChI=1S/C86H102O4S4/c1-7-13-19-25-31-61-35-43-65(44-36-61)85(66-45-37-62(38-46-66)32-26-20-14-8-2)73-53-69(59-87)91-81(73)83-75(85)57-79(93-83)71-55-78(90-52-30-24-18-12-6)72(56-77(71)89-51-29-23-17-11-5)80-58-76-84(94-80)82-74(54-70(60-88)92-82)86(76,67-47-39-63(40-48-67)33-27-21-15-9-3)68-49-41-64(42-50-68)34-28-22-16-10-4/h35-50,53-60H,7-34,51-52H2,1-6H3. The van der Waals surface area contributed by atoms with Gasteiger partial charge in [-0.25, -0.2) is 0 Å². The molecule has 4 nitrogen and oxygen atoms in total. The third-order valence-electron chi connectivity index (χ3n) is 20.2. The summed E-state index contributed by atoms with van der Waals surface area (Å²) in [6.07, 6.45) is 34.8. The predicted molar refractivity (Wildman–Crippen MR) is 405 cm³/mol. The summed E-state index contributed by atoms with van der Waals surface area (Å²) in [4.78, 5) is 34.7. The number of unbranched alkanes of at least 4 members (excludes halogenated alkanes) is 18. The third kappa shape index (κ3) is 14.9. The zero-order valence-electron chi connectivity index (χ0n) is 57.3. The molecule has 0 unspecified atom stereocenters. The fraction of sp³-hybridized carbons (Fsp3) is 0.442. The van der Waals surface area contributed by atoms with Gasteiger partial charge in [0.25, 0.3) is 0 Å². The monoisotopic (exact) mass is 1330 g/mol. The van der Waals surface area contributed by atoms with Crippen molar-refractivity contribution in [1.29, 1.82) is 0 Å². The molecule has 0 amide bonds. The molecule has 0 aliphatic heterocycles. The average molecular weight is 1330 g/mol. The van der Waals surface area contributed by atoms with Gasteiger partial charge in [-0.3, -0.25) is 9.59 Å². The number of carbonyl (C=O) groups excluding carboxylic acids is 2. The number of benzene rings is 5. The Balaban J connectivity index is 1.09. The summed E-state index contributed by atoms with van der Waals surface area (Å²) < 4.78 is 14.5. The van der Waals surface area contributed by atoms with Crippen LogP contribution in [-0.4, -0.2) is 25.8 Å². The van der Waals surface area contributed by atoms with Crippen LogP contribution in [0.15, 0.2) is 133 Å². The number of aryl methyl sites for hydroxylation is 4. The van der Waals surface area contributed by atoms with Crippen molar-refractivity contribution < 1.29 is 19.1 Å². The average Bonchev–Trinajstić information content (AvgIpc) is 1.53. The Morgan fingerprint density at radius 2 is 0.574 bits per heavy atom. The highest BCUT2D eigenvalue weighted by Gasteiger charge is 2.51. The van der Waals surface area contributed by atoms with Gasteiger partial charge in [-0.2, -0.15) is 0 Å². The molecule has 0 spiro atoms. The first kappa shape index (κ1) is 69.2. The van der Waals surface area contributed by atoms with Crippen LogP contribution in [0.5, 0.6) is 11.5 Å². The molecule has 8 heteroatoms. The van der Waals surface area contributed by atoms with Crippen molar-refractivity contribution in [3.63, 3.8) is 0 Å². The van der Waals surface area contributed by atoms with E-state index in [9.17, 15) is 9.59 Å². The third-order valence-corrected chi connectivity index (χ3v) is 25.0. The van der Waals surface area contributed by atoms with Gasteiger partial charge in [0.1, 0.15) is 11.5 Å². The Hall–Kier alpha value is -6.16. The van der Waals surface area contributed by atoms with E-state index >= 15 is 0 Å². The fourth-order valence-electron chi connectivity index (χ4n) is 15.0. The molecule has 0 saturated carbocycles. The number of hydrogen-bond acceptors (Lipinski definition) is 8. The van der Waals surface area contributed by atoms with E-state index in [1.807, 2.05) is 22.7 Å². The van der Waals surface area contributed by atoms with Gasteiger partial charge in [-0.1, -0.05) is 254 Å². The van der Waals surface area contributed by atoms with Crippen LogP contribution >= 0.6 is 45.3 Å². The Labute approximate surface area is 580 Å². The summed E-state index contributed by atoms with van der Waals surface area (Å²) in [7, 11) is 0. The van der Waals surface area contributed by atoms with Crippen LogP contribution in [0.4, 0.5) is 0 Å². The van der Waals surface area contributed by atoms with E-state index in [4.69, 9.17) is 9.47 Å². The van der Waals surface area contributed by atoms with E-state index < -0.39 is 10.8 Å². The molecule has 4 heterocycles. The second-order valence-corrected chi connectivity index (χ2v) is 31.2. The van der Waals surface area contributed by atoms with Crippen molar-refractivity contribution in [3.8, 4) is 51.9 Å². The second kappa shape index (κ2) is 33.7. The molecule has 0 atom stereocenters. The van der Waals surface area contributed by atoms with Crippen LogP contribution < -0.4 is 9.47 Å². The Bertz CT molecular complexity index is 3500. The number of hydrogen-bond donors (Lipinski definition) is 0. The topological polar surface area (TPSA) is 52.6 Å². The summed E-state index contributed by atoms with van der Waals surface area (Å²) in [5.74, 6) is 1.72. The summed E-state index contributed by atoms with van der Waals surface area (Å²) in [6, 6.07) is 52.2. The van der Waals surface area contributed by atoms with Crippen LogP contribution in [0.25, 0.3) is 40.4 Å². The van der Waals surface area contributed by atoms with E-state index in [0.717, 1.165) is 119 Å². The quantitative estimate of drug-likeness (QED) is 0.0284. The zero-order valence-corrected chi connectivity index (χ0v) is 60.6.